The molecule has 3 rings (SSSR count). The standard InChI is InChI=1S/C14H17NO/c1-8(16)13-9-4-2-6-11(9)14(15)12-7-3-5-10(12)13/h2-7,15H2,1H3. The summed E-state index contributed by atoms with van der Waals surface area (Å²) in [6.07, 6.45) is 6.53. The van der Waals surface area contributed by atoms with E-state index in [-0.39, 0.29) is 5.78 Å². The van der Waals surface area contributed by atoms with Crippen LogP contribution in [0.5, 0.6) is 0 Å². The molecule has 0 spiro atoms. The van der Waals surface area contributed by atoms with E-state index in [1.165, 1.54) is 22.3 Å². The number of nitrogen functional groups attached to an aromatic ring is 1. The average Bonchev–Trinajstić information content (AvgIpc) is 2.84. The first kappa shape index (κ1) is 9.88. The summed E-state index contributed by atoms with van der Waals surface area (Å²) < 4.78 is 0. The lowest BCUT2D eigenvalue weighted by Gasteiger charge is -2.15. The Labute approximate surface area is 95.8 Å². The molecular weight excluding hydrogens is 198 g/mol. The fourth-order valence-corrected chi connectivity index (χ4v) is 3.42. The third-order valence-corrected chi connectivity index (χ3v) is 4.04. The van der Waals surface area contributed by atoms with Crippen LogP contribution in [0.2, 0.25) is 0 Å². The Bertz CT molecular complexity index is 453. The fourth-order valence-electron chi connectivity index (χ4n) is 3.42. The minimum Gasteiger partial charge on any atom is -0.398 e. The number of ketones is 1. The molecule has 0 radical (unpaired) electrons. The number of carbonyl (C=O) groups excluding carboxylic acids is 1. The lowest BCUT2D eigenvalue weighted by atomic mass is 9.90. The summed E-state index contributed by atoms with van der Waals surface area (Å²) in [4.78, 5) is 11.8. The van der Waals surface area contributed by atoms with Crippen molar-refractivity contribution in [3.63, 3.8) is 0 Å². The molecule has 2 nitrogen and oxygen atoms in total. The number of anilines is 1. The lowest BCUT2D eigenvalue weighted by Crippen LogP contribution is -2.09. The maximum atomic E-state index is 11.8. The highest BCUT2D eigenvalue weighted by molar-refractivity contribution is 5.99. The third kappa shape index (κ3) is 1.16. The topological polar surface area (TPSA) is 43.1 Å². The van der Waals surface area contributed by atoms with Gasteiger partial charge in [-0.05, 0) is 67.7 Å². The van der Waals surface area contributed by atoms with Gasteiger partial charge in [-0.15, -0.1) is 0 Å². The van der Waals surface area contributed by atoms with E-state index in [1.807, 2.05) is 0 Å². The van der Waals surface area contributed by atoms with E-state index in [9.17, 15) is 4.79 Å². The third-order valence-electron chi connectivity index (χ3n) is 4.04. The summed E-state index contributed by atoms with van der Waals surface area (Å²) in [5.41, 5.74) is 13.4. The highest BCUT2D eigenvalue weighted by Gasteiger charge is 2.28. The van der Waals surface area contributed by atoms with Crippen molar-refractivity contribution in [1.29, 1.82) is 0 Å². The van der Waals surface area contributed by atoms with Gasteiger partial charge in [0.15, 0.2) is 5.78 Å². The van der Waals surface area contributed by atoms with E-state index in [0.29, 0.717) is 0 Å². The second-order valence-electron chi connectivity index (χ2n) is 4.97. The van der Waals surface area contributed by atoms with Gasteiger partial charge in [0.05, 0.1) is 0 Å². The number of nitrogens with two attached hydrogens (primary N) is 1. The van der Waals surface area contributed by atoms with Gasteiger partial charge in [-0.2, -0.15) is 0 Å². The van der Waals surface area contributed by atoms with Gasteiger partial charge in [-0.1, -0.05) is 0 Å². The van der Waals surface area contributed by atoms with Gasteiger partial charge in [-0.3, -0.25) is 4.79 Å². The summed E-state index contributed by atoms with van der Waals surface area (Å²) in [6.45, 7) is 1.70. The molecule has 0 aliphatic heterocycles. The van der Waals surface area contributed by atoms with Gasteiger partial charge in [0.2, 0.25) is 0 Å². The van der Waals surface area contributed by atoms with Crippen molar-refractivity contribution in [1.82, 2.24) is 0 Å². The highest BCUT2D eigenvalue weighted by Crippen LogP contribution is 2.40. The number of rotatable bonds is 1. The molecule has 0 heterocycles. The monoisotopic (exact) mass is 215 g/mol. The first-order chi connectivity index (χ1) is 7.70. The molecule has 84 valence electrons. The molecule has 0 saturated heterocycles. The van der Waals surface area contributed by atoms with Crippen LogP contribution in [0, 0.1) is 0 Å². The second-order valence-corrected chi connectivity index (χ2v) is 4.97. The molecule has 0 saturated carbocycles. The smallest absolute Gasteiger partial charge is 0.160 e. The predicted octanol–water partition coefficient (Wildman–Crippen LogP) is 2.45. The van der Waals surface area contributed by atoms with Crippen LogP contribution >= 0.6 is 0 Å². The van der Waals surface area contributed by atoms with Crippen LogP contribution in [-0.4, -0.2) is 5.78 Å². The molecular formula is C14H17NO. The average molecular weight is 215 g/mol. The van der Waals surface area contributed by atoms with E-state index in [4.69, 9.17) is 5.73 Å². The van der Waals surface area contributed by atoms with E-state index >= 15 is 0 Å². The summed E-state index contributed by atoms with van der Waals surface area (Å²) in [7, 11) is 0. The molecule has 1 aromatic carbocycles. The van der Waals surface area contributed by atoms with Gasteiger partial charge in [0.25, 0.3) is 0 Å². The zero-order chi connectivity index (χ0) is 11.3. The Balaban J connectivity index is 2.36. The fraction of sp³-hybridized carbons (Fsp3) is 0.500. The molecule has 0 atom stereocenters. The number of carbonyl (C=O) groups is 1. The first-order valence-corrected chi connectivity index (χ1v) is 6.16. The normalized spacial score (nSPS) is 17.3. The van der Waals surface area contributed by atoms with Crippen LogP contribution in [0.1, 0.15) is 52.4 Å². The van der Waals surface area contributed by atoms with Gasteiger partial charge >= 0.3 is 0 Å². The molecule has 2 N–H and O–H groups in total. The Kier molecular flexibility index (Phi) is 2.06. The van der Waals surface area contributed by atoms with Crippen molar-refractivity contribution >= 4 is 11.5 Å². The van der Waals surface area contributed by atoms with Crippen molar-refractivity contribution in [2.24, 2.45) is 0 Å². The molecule has 0 bridgehead atoms. The largest absolute Gasteiger partial charge is 0.398 e. The van der Waals surface area contributed by atoms with Crippen LogP contribution in [0.15, 0.2) is 0 Å². The molecule has 16 heavy (non-hydrogen) atoms. The summed E-state index contributed by atoms with van der Waals surface area (Å²) in [6, 6.07) is 0. The Morgan fingerprint density at radius 2 is 1.38 bits per heavy atom. The van der Waals surface area contributed by atoms with Gasteiger partial charge in [-0.25, -0.2) is 0 Å². The Hall–Kier alpha value is -1.31. The van der Waals surface area contributed by atoms with Crippen LogP contribution in [0.3, 0.4) is 0 Å². The second kappa shape index (κ2) is 3.34. The molecule has 2 aliphatic carbocycles. The summed E-state index contributed by atoms with van der Waals surface area (Å²) in [5, 5.41) is 0. The molecule has 0 fully saturated rings. The minimum atomic E-state index is 0.233. The lowest BCUT2D eigenvalue weighted by molar-refractivity contribution is 0.101. The summed E-state index contributed by atoms with van der Waals surface area (Å²) in [5.74, 6) is 0.233. The van der Waals surface area contributed by atoms with Crippen LogP contribution in [-0.2, 0) is 25.7 Å². The van der Waals surface area contributed by atoms with E-state index in [2.05, 4.69) is 0 Å². The SMILES string of the molecule is CC(=O)c1c2c(c(N)c3c1CCC3)CCC2. The van der Waals surface area contributed by atoms with E-state index in [0.717, 1.165) is 49.8 Å². The maximum Gasteiger partial charge on any atom is 0.160 e. The molecule has 0 aromatic heterocycles. The molecule has 2 aliphatic rings. The quantitative estimate of drug-likeness (QED) is 0.577. The Morgan fingerprint density at radius 1 is 0.938 bits per heavy atom. The van der Waals surface area contributed by atoms with Gasteiger partial charge in [0.1, 0.15) is 0 Å². The number of Topliss-reactive ketones (excluding diaryl/α,β-unsaturated/α-hetero) is 1. The number of hydrogen-bond donors (Lipinski definition) is 1. The van der Waals surface area contributed by atoms with E-state index in [1.54, 1.807) is 6.92 Å². The van der Waals surface area contributed by atoms with Crippen molar-refractivity contribution in [3.8, 4) is 0 Å². The van der Waals surface area contributed by atoms with Crippen LogP contribution < -0.4 is 5.73 Å². The zero-order valence-corrected chi connectivity index (χ0v) is 9.73. The van der Waals surface area contributed by atoms with Crippen LogP contribution in [0.4, 0.5) is 5.69 Å². The first-order valence-electron chi connectivity index (χ1n) is 6.16. The van der Waals surface area contributed by atoms with Gasteiger partial charge < -0.3 is 5.73 Å². The molecule has 1 aromatic rings. The van der Waals surface area contributed by atoms with Gasteiger partial charge in [0, 0.05) is 11.3 Å². The maximum absolute atomic E-state index is 11.8. The number of benzene rings is 1. The highest BCUT2D eigenvalue weighted by atomic mass is 16.1. The van der Waals surface area contributed by atoms with E-state index < -0.39 is 0 Å². The minimum absolute atomic E-state index is 0.233. The summed E-state index contributed by atoms with van der Waals surface area (Å²) >= 11 is 0. The van der Waals surface area contributed by atoms with Crippen molar-refractivity contribution in [3.05, 3.63) is 27.8 Å². The van der Waals surface area contributed by atoms with Crippen molar-refractivity contribution in [2.45, 2.75) is 45.4 Å². The van der Waals surface area contributed by atoms with Crippen molar-refractivity contribution < 1.29 is 4.79 Å². The Morgan fingerprint density at radius 3 is 1.81 bits per heavy atom. The number of fused-ring (bicyclic) bond motifs is 2. The van der Waals surface area contributed by atoms with Crippen LogP contribution in [0.25, 0.3) is 0 Å². The molecule has 2 heteroatoms. The number of hydrogen-bond acceptors (Lipinski definition) is 2. The van der Waals surface area contributed by atoms with Crippen molar-refractivity contribution in [2.75, 3.05) is 5.73 Å². The zero-order valence-electron chi connectivity index (χ0n) is 9.73. The predicted molar refractivity (Wildman–Crippen MR) is 64.9 cm³/mol. The molecule has 0 unspecified atom stereocenters. The molecule has 0 amide bonds.